The zero-order valence-electron chi connectivity index (χ0n) is 5.75. The lowest BCUT2D eigenvalue weighted by molar-refractivity contribution is -0.122. The van der Waals surface area contributed by atoms with E-state index in [9.17, 15) is 4.79 Å². The van der Waals surface area contributed by atoms with Crippen LogP contribution in [0.1, 0.15) is 0 Å². The van der Waals surface area contributed by atoms with Gasteiger partial charge in [0.25, 0.3) is 0 Å². The molecule has 4 N–H and O–H groups in total. The van der Waals surface area contributed by atoms with E-state index in [0.29, 0.717) is 12.5 Å². The van der Waals surface area contributed by atoms with E-state index in [2.05, 4.69) is 0 Å². The van der Waals surface area contributed by atoms with Crippen LogP contribution >= 0.6 is 11.8 Å². The Morgan fingerprint density at radius 1 is 1.70 bits per heavy atom. The van der Waals surface area contributed by atoms with Crippen molar-refractivity contribution in [3.63, 3.8) is 0 Å². The number of hydrogen-bond acceptors (Lipinski definition) is 3. The number of primary amides is 1. The zero-order chi connectivity index (χ0) is 7.56. The van der Waals surface area contributed by atoms with Crippen molar-refractivity contribution in [1.82, 2.24) is 0 Å². The first-order chi connectivity index (χ1) is 4.75. The summed E-state index contributed by atoms with van der Waals surface area (Å²) in [5.74, 6) is 2.22. The van der Waals surface area contributed by atoms with Gasteiger partial charge in [0.1, 0.15) is 0 Å². The molecule has 1 aliphatic heterocycles. The Labute approximate surface area is 64.5 Å². The number of carbonyl (C=O) groups excluding carboxylic acids is 1. The van der Waals surface area contributed by atoms with Crippen LogP contribution in [0.2, 0.25) is 0 Å². The summed E-state index contributed by atoms with van der Waals surface area (Å²) < 4.78 is 0. The van der Waals surface area contributed by atoms with Crippen LogP contribution in [0.15, 0.2) is 0 Å². The lowest BCUT2D eigenvalue weighted by Crippen LogP contribution is -2.41. The SMILES string of the molecule is NCC(C(N)=O)C1CSC1. The Morgan fingerprint density at radius 3 is 2.40 bits per heavy atom. The molecule has 10 heavy (non-hydrogen) atoms. The normalized spacial score (nSPS) is 21.7. The first-order valence-corrected chi connectivity index (χ1v) is 4.48. The van der Waals surface area contributed by atoms with E-state index in [1.54, 1.807) is 0 Å². The van der Waals surface area contributed by atoms with Crippen molar-refractivity contribution < 1.29 is 4.79 Å². The van der Waals surface area contributed by atoms with Gasteiger partial charge in [-0.25, -0.2) is 0 Å². The third-order valence-corrected chi connectivity index (χ3v) is 3.18. The summed E-state index contributed by atoms with van der Waals surface area (Å²) >= 11 is 1.84. The van der Waals surface area contributed by atoms with Crippen LogP contribution in [0, 0.1) is 11.8 Å². The number of rotatable bonds is 3. The van der Waals surface area contributed by atoms with Crippen molar-refractivity contribution in [2.75, 3.05) is 18.1 Å². The van der Waals surface area contributed by atoms with E-state index in [-0.39, 0.29) is 11.8 Å². The van der Waals surface area contributed by atoms with Gasteiger partial charge in [-0.2, -0.15) is 11.8 Å². The topological polar surface area (TPSA) is 69.1 Å². The highest BCUT2D eigenvalue weighted by Crippen LogP contribution is 2.30. The Balaban J connectivity index is 2.39. The number of hydrogen-bond donors (Lipinski definition) is 2. The number of amides is 1. The largest absolute Gasteiger partial charge is 0.369 e. The highest BCUT2D eigenvalue weighted by atomic mass is 32.2. The Morgan fingerprint density at radius 2 is 2.30 bits per heavy atom. The molecule has 0 radical (unpaired) electrons. The van der Waals surface area contributed by atoms with Crippen LogP contribution < -0.4 is 11.5 Å². The minimum Gasteiger partial charge on any atom is -0.369 e. The smallest absolute Gasteiger partial charge is 0.222 e. The maximum atomic E-state index is 10.7. The average Bonchev–Trinajstić information content (AvgIpc) is 1.76. The van der Waals surface area contributed by atoms with Crippen molar-refractivity contribution in [3.8, 4) is 0 Å². The van der Waals surface area contributed by atoms with Gasteiger partial charge in [0.15, 0.2) is 0 Å². The summed E-state index contributed by atoms with van der Waals surface area (Å²) in [5, 5.41) is 0. The molecule has 1 atom stereocenters. The van der Waals surface area contributed by atoms with E-state index in [1.807, 2.05) is 11.8 Å². The van der Waals surface area contributed by atoms with Gasteiger partial charge in [0.2, 0.25) is 5.91 Å². The minimum absolute atomic E-state index is 0.0822. The van der Waals surface area contributed by atoms with Crippen molar-refractivity contribution in [3.05, 3.63) is 0 Å². The summed E-state index contributed by atoms with van der Waals surface area (Å²) in [6.45, 7) is 0.403. The lowest BCUT2D eigenvalue weighted by Gasteiger charge is -2.30. The van der Waals surface area contributed by atoms with Gasteiger partial charge in [-0.15, -0.1) is 0 Å². The molecule has 0 spiro atoms. The second-order valence-electron chi connectivity index (χ2n) is 2.54. The molecule has 4 heteroatoms. The molecule has 0 aliphatic carbocycles. The molecule has 0 aromatic carbocycles. The van der Waals surface area contributed by atoms with Crippen molar-refractivity contribution in [2.24, 2.45) is 23.3 Å². The average molecular weight is 160 g/mol. The molecule has 1 rings (SSSR count). The van der Waals surface area contributed by atoms with E-state index in [1.165, 1.54) is 0 Å². The van der Waals surface area contributed by atoms with Crippen LogP contribution in [0.25, 0.3) is 0 Å². The van der Waals surface area contributed by atoms with E-state index in [0.717, 1.165) is 11.5 Å². The number of thioether (sulfide) groups is 1. The Kier molecular flexibility index (Phi) is 2.56. The summed E-state index contributed by atoms with van der Waals surface area (Å²) in [4.78, 5) is 10.7. The fourth-order valence-corrected chi connectivity index (χ4v) is 2.00. The van der Waals surface area contributed by atoms with E-state index < -0.39 is 0 Å². The predicted octanol–water partition coefficient (Wildman–Crippen LogP) is -0.590. The van der Waals surface area contributed by atoms with Gasteiger partial charge >= 0.3 is 0 Å². The standard InChI is InChI=1S/C6H12N2OS/c7-1-5(6(8)9)4-2-10-3-4/h4-5H,1-3,7H2,(H2,8,9). The van der Waals surface area contributed by atoms with Crippen LogP contribution in [0.4, 0.5) is 0 Å². The fraction of sp³-hybridized carbons (Fsp3) is 0.833. The van der Waals surface area contributed by atoms with Gasteiger partial charge in [-0.1, -0.05) is 0 Å². The van der Waals surface area contributed by atoms with Gasteiger partial charge in [0.05, 0.1) is 5.92 Å². The van der Waals surface area contributed by atoms with Crippen LogP contribution in [-0.2, 0) is 4.79 Å². The molecule has 1 saturated heterocycles. The first-order valence-electron chi connectivity index (χ1n) is 3.33. The summed E-state index contributed by atoms with van der Waals surface area (Å²) in [7, 11) is 0. The molecule has 1 amide bonds. The second-order valence-corrected chi connectivity index (χ2v) is 3.62. The minimum atomic E-state index is -0.243. The molecule has 1 heterocycles. The van der Waals surface area contributed by atoms with Crippen LogP contribution in [-0.4, -0.2) is 24.0 Å². The first kappa shape index (κ1) is 7.88. The van der Waals surface area contributed by atoms with Crippen molar-refractivity contribution in [2.45, 2.75) is 0 Å². The summed E-state index contributed by atoms with van der Waals surface area (Å²) in [6, 6.07) is 0. The van der Waals surface area contributed by atoms with Crippen molar-refractivity contribution >= 4 is 17.7 Å². The third kappa shape index (κ3) is 1.44. The molecule has 0 aromatic heterocycles. The molecule has 3 nitrogen and oxygen atoms in total. The molecule has 0 bridgehead atoms. The fourth-order valence-electron chi connectivity index (χ4n) is 1.03. The zero-order valence-corrected chi connectivity index (χ0v) is 6.56. The maximum Gasteiger partial charge on any atom is 0.222 e. The molecule has 58 valence electrons. The van der Waals surface area contributed by atoms with Crippen LogP contribution in [0.3, 0.4) is 0 Å². The van der Waals surface area contributed by atoms with E-state index >= 15 is 0 Å². The molecule has 0 saturated carbocycles. The van der Waals surface area contributed by atoms with Gasteiger partial charge in [0, 0.05) is 6.54 Å². The second kappa shape index (κ2) is 3.25. The predicted molar refractivity (Wildman–Crippen MR) is 42.6 cm³/mol. The highest BCUT2D eigenvalue weighted by molar-refractivity contribution is 8.00. The lowest BCUT2D eigenvalue weighted by atomic mass is 9.94. The van der Waals surface area contributed by atoms with Gasteiger partial charge < -0.3 is 11.5 Å². The Bertz CT molecular complexity index is 136. The van der Waals surface area contributed by atoms with Gasteiger partial charge in [-0.3, -0.25) is 4.79 Å². The molecule has 1 fully saturated rings. The third-order valence-electron chi connectivity index (χ3n) is 1.85. The monoisotopic (exact) mass is 160 g/mol. The maximum absolute atomic E-state index is 10.7. The van der Waals surface area contributed by atoms with E-state index in [4.69, 9.17) is 11.5 Å². The molecular weight excluding hydrogens is 148 g/mol. The molecule has 0 aromatic rings. The molecule has 1 unspecified atom stereocenters. The number of carbonyl (C=O) groups is 1. The van der Waals surface area contributed by atoms with Crippen molar-refractivity contribution in [1.29, 1.82) is 0 Å². The highest BCUT2D eigenvalue weighted by Gasteiger charge is 2.30. The Hall–Kier alpha value is -0.220. The van der Waals surface area contributed by atoms with Gasteiger partial charge in [-0.05, 0) is 17.4 Å². The molecule has 1 aliphatic rings. The molecular formula is C6H12N2OS. The quantitative estimate of drug-likeness (QED) is 0.580. The summed E-state index contributed by atoms with van der Waals surface area (Å²) in [6.07, 6.45) is 0. The van der Waals surface area contributed by atoms with Crippen LogP contribution in [0.5, 0.6) is 0 Å². The summed E-state index contributed by atoms with van der Waals surface area (Å²) in [5.41, 5.74) is 10.5. The number of nitrogens with two attached hydrogens (primary N) is 2.